The number of benzene rings is 2. The molecule has 0 aliphatic rings. The van der Waals surface area contributed by atoms with Gasteiger partial charge in [-0.25, -0.2) is 0 Å². The molecule has 0 bridgehead atoms. The van der Waals surface area contributed by atoms with Crippen LogP contribution in [0.15, 0.2) is 53.7 Å². The summed E-state index contributed by atoms with van der Waals surface area (Å²) in [6.07, 6.45) is 0. The number of rotatable bonds is 4. The summed E-state index contributed by atoms with van der Waals surface area (Å²) >= 11 is 19.8. The monoisotopic (exact) mass is 410 g/mol. The molecular formula is C18H13Cl3N2OS. The van der Waals surface area contributed by atoms with E-state index in [9.17, 15) is 5.21 Å². The average Bonchev–Trinajstić information content (AvgIpc) is 2.91. The second kappa shape index (κ2) is 7.67. The van der Waals surface area contributed by atoms with E-state index in [1.807, 2.05) is 37.3 Å². The van der Waals surface area contributed by atoms with Crippen LogP contribution < -0.4 is 5.32 Å². The summed E-state index contributed by atoms with van der Waals surface area (Å²) in [5, 5.41) is 16.6. The second-order valence-corrected chi connectivity index (χ2v) is 8.01. The Balaban J connectivity index is 1.94. The number of hydrogen-bond donors (Lipinski definition) is 2. The lowest BCUT2D eigenvalue weighted by atomic mass is 10.0. The van der Waals surface area contributed by atoms with Gasteiger partial charge in [-0.05, 0) is 42.8 Å². The minimum atomic E-state index is 0.278. The lowest BCUT2D eigenvalue weighted by Gasteiger charge is -2.12. The minimum Gasteiger partial charge on any atom is -0.410 e. The zero-order valence-electron chi connectivity index (χ0n) is 13.1. The largest absolute Gasteiger partial charge is 0.410 e. The summed E-state index contributed by atoms with van der Waals surface area (Å²) in [5.41, 5.74) is 4.34. The number of oxime groups is 1. The molecule has 0 radical (unpaired) electrons. The van der Waals surface area contributed by atoms with Crippen molar-refractivity contribution in [3.05, 3.63) is 78.9 Å². The highest BCUT2D eigenvalue weighted by atomic mass is 35.5. The Hall–Kier alpha value is -1.72. The van der Waals surface area contributed by atoms with E-state index in [1.54, 1.807) is 18.2 Å². The third-order valence-electron chi connectivity index (χ3n) is 3.66. The molecule has 1 aromatic heterocycles. The first-order valence-corrected chi connectivity index (χ1v) is 9.24. The van der Waals surface area contributed by atoms with Crippen molar-refractivity contribution in [2.75, 3.05) is 5.32 Å². The fourth-order valence-corrected chi connectivity index (χ4v) is 4.14. The number of nitrogens with zero attached hydrogens (tertiary/aromatic N) is 1. The Morgan fingerprint density at radius 3 is 2.40 bits per heavy atom. The Morgan fingerprint density at radius 2 is 1.80 bits per heavy atom. The number of thiophene rings is 1. The molecule has 0 unspecified atom stereocenters. The highest BCUT2D eigenvalue weighted by Gasteiger charge is 2.18. The highest BCUT2D eigenvalue weighted by Crippen LogP contribution is 2.35. The maximum atomic E-state index is 9.45. The first kappa shape index (κ1) is 18.1. The summed E-state index contributed by atoms with van der Waals surface area (Å²) < 4.78 is 0.950. The van der Waals surface area contributed by atoms with Crippen LogP contribution in [0.5, 0.6) is 0 Å². The number of nitrogens with one attached hydrogen (secondary N) is 1. The van der Waals surface area contributed by atoms with Crippen LogP contribution in [0.25, 0.3) is 0 Å². The molecule has 0 aliphatic carbocycles. The Morgan fingerprint density at radius 1 is 1.04 bits per heavy atom. The molecule has 0 fully saturated rings. The molecule has 128 valence electrons. The summed E-state index contributed by atoms with van der Waals surface area (Å²) in [4.78, 5) is 0. The van der Waals surface area contributed by atoms with Gasteiger partial charge in [0.2, 0.25) is 0 Å². The molecule has 3 nitrogen and oxygen atoms in total. The number of anilines is 2. The van der Waals surface area contributed by atoms with Crippen molar-refractivity contribution in [2.45, 2.75) is 6.92 Å². The van der Waals surface area contributed by atoms with Crippen LogP contribution in [-0.2, 0) is 0 Å². The predicted molar refractivity (Wildman–Crippen MR) is 108 cm³/mol. The van der Waals surface area contributed by atoms with Gasteiger partial charge in [-0.2, -0.15) is 0 Å². The zero-order chi connectivity index (χ0) is 18.0. The van der Waals surface area contributed by atoms with Crippen molar-refractivity contribution < 1.29 is 5.21 Å². The van der Waals surface area contributed by atoms with Gasteiger partial charge in [-0.1, -0.05) is 58.2 Å². The van der Waals surface area contributed by atoms with Gasteiger partial charge < -0.3 is 10.5 Å². The molecule has 3 rings (SSSR count). The average molecular weight is 412 g/mol. The van der Waals surface area contributed by atoms with Gasteiger partial charge >= 0.3 is 0 Å². The van der Waals surface area contributed by atoms with Gasteiger partial charge in [0.1, 0.15) is 10.0 Å². The van der Waals surface area contributed by atoms with Gasteiger partial charge in [-0.15, -0.1) is 11.3 Å². The summed E-state index contributed by atoms with van der Waals surface area (Å²) in [7, 11) is 0. The van der Waals surface area contributed by atoms with Crippen LogP contribution in [0, 0.1) is 6.92 Å². The standard InChI is InChI=1S/C18H13Cl3N2OS/c1-10-4-2-3-5-15(10)22-11-6-7-12(14(19)8-11)17(23-24)13-9-16(20)25-18(13)21/h2-9,22,24H,1H3. The van der Waals surface area contributed by atoms with Crippen molar-refractivity contribution in [3.8, 4) is 0 Å². The van der Waals surface area contributed by atoms with Crippen molar-refractivity contribution in [2.24, 2.45) is 5.16 Å². The van der Waals surface area contributed by atoms with Crippen LogP contribution in [-0.4, -0.2) is 10.9 Å². The predicted octanol–water partition coefficient (Wildman–Crippen LogP) is 6.99. The molecule has 0 aliphatic heterocycles. The second-order valence-electron chi connectivity index (χ2n) is 5.32. The van der Waals surface area contributed by atoms with E-state index in [-0.39, 0.29) is 5.71 Å². The van der Waals surface area contributed by atoms with Crippen LogP contribution in [0.2, 0.25) is 13.7 Å². The number of hydrogen-bond acceptors (Lipinski definition) is 4. The van der Waals surface area contributed by atoms with Crippen LogP contribution in [0.3, 0.4) is 0 Å². The summed E-state index contributed by atoms with van der Waals surface area (Å²) in [6.45, 7) is 2.02. The summed E-state index contributed by atoms with van der Waals surface area (Å²) in [5.74, 6) is 0. The van der Waals surface area contributed by atoms with Crippen LogP contribution >= 0.6 is 46.1 Å². The quantitative estimate of drug-likeness (QED) is 0.276. The minimum absolute atomic E-state index is 0.278. The molecule has 0 amide bonds. The highest BCUT2D eigenvalue weighted by molar-refractivity contribution is 7.20. The van der Waals surface area contributed by atoms with E-state index in [4.69, 9.17) is 34.8 Å². The lowest BCUT2D eigenvalue weighted by Crippen LogP contribution is -2.04. The number of halogens is 3. The number of para-hydroxylation sites is 1. The molecular weight excluding hydrogens is 399 g/mol. The zero-order valence-corrected chi connectivity index (χ0v) is 16.1. The van der Waals surface area contributed by atoms with Crippen LogP contribution in [0.4, 0.5) is 11.4 Å². The lowest BCUT2D eigenvalue weighted by molar-refractivity contribution is 0.319. The smallest absolute Gasteiger partial charge is 0.121 e. The van der Waals surface area contributed by atoms with E-state index in [0.29, 0.717) is 24.8 Å². The fraction of sp³-hybridized carbons (Fsp3) is 0.0556. The maximum Gasteiger partial charge on any atom is 0.121 e. The topological polar surface area (TPSA) is 44.6 Å². The normalized spacial score (nSPS) is 11.6. The molecule has 2 N–H and O–H groups in total. The Labute approximate surface area is 164 Å². The molecule has 0 atom stereocenters. The SMILES string of the molecule is Cc1ccccc1Nc1ccc(C(=NO)c2cc(Cl)sc2Cl)c(Cl)c1. The van der Waals surface area contributed by atoms with Crippen molar-refractivity contribution in [1.29, 1.82) is 0 Å². The van der Waals surface area contributed by atoms with E-state index in [2.05, 4.69) is 10.5 Å². The summed E-state index contributed by atoms with van der Waals surface area (Å²) in [6, 6.07) is 15.0. The third kappa shape index (κ3) is 3.93. The number of aryl methyl sites for hydroxylation is 1. The maximum absolute atomic E-state index is 9.45. The van der Waals surface area contributed by atoms with Crippen molar-refractivity contribution >= 4 is 63.2 Å². The van der Waals surface area contributed by atoms with E-state index < -0.39 is 0 Å². The van der Waals surface area contributed by atoms with Gasteiger partial charge in [-0.3, -0.25) is 0 Å². The van der Waals surface area contributed by atoms with Gasteiger partial charge in [0.15, 0.2) is 0 Å². The molecule has 0 spiro atoms. The molecule has 2 aromatic carbocycles. The van der Waals surface area contributed by atoms with E-state index in [0.717, 1.165) is 16.9 Å². The Kier molecular flexibility index (Phi) is 5.54. The molecule has 7 heteroatoms. The van der Waals surface area contributed by atoms with Crippen LogP contribution in [0.1, 0.15) is 16.7 Å². The van der Waals surface area contributed by atoms with Gasteiger partial charge in [0.25, 0.3) is 0 Å². The van der Waals surface area contributed by atoms with E-state index in [1.165, 1.54) is 11.3 Å². The molecule has 0 saturated heterocycles. The molecule has 3 aromatic rings. The van der Waals surface area contributed by atoms with Crippen molar-refractivity contribution in [1.82, 2.24) is 0 Å². The fourth-order valence-electron chi connectivity index (χ4n) is 2.41. The first-order chi connectivity index (χ1) is 12.0. The van der Waals surface area contributed by atoms with Gasteiger partial charge in [0.05, 0.1) is 9.36 Å². The first-order valence-electron chi connectivity index (χ1n) is 7.29. The molecule has 1 heterocycles. The van der Waals surface area contributed by atoms with Crippen molar-refractivity contribution in [3.63, 3.8) is 0 Å². The van der Waals surface area contributed by atoms with Gasteiger partial charge in [0, 0.05) is 22.5 Å². The Bertz CT molecular complexity index is 953. The third-order valence-corrected chi connectivity index (χ3v) is 5.46. The molecule has 0 saturated carbocycles. The molecule has 25 heavy (non-hydrogen) atoms. The van der Waals surface area contributed by atoms with E-state index >= 15 is 0 Å².